The Morgan fingerprint density at radius 2 is 1.63 bits per heavy atom. The zero-order valence-corrected chi connectivity index (χ0v) is 26.4. The average Bonchev–Trinajstić information content (AvgIpc) is 2.96. The standard InChI is InChI=1S/C33H52N4O3S/c1-33(2,3)40-32(39)37-21-11-10-16-29(37)30(38)35-28(18-17-25-12-6-4-7-13-25)31(41)34-27-19-22-36(23-20-27)24-26-14-8-5-9-15-26/h5,8-9,14-15,25,27-29H,4,6-7,10-13,16-24H2,1-3H3,(H,34,41)(H,35,38)/t28-,29+/m1/s1. The number of nitrogens with zero attached hydrogens (tertiary/aromatic N) is 2. The van der Waals surface area contributed by atoms with Crippen LogP contribution in [-0.2, 0) is 16.1 Å². The van der Waals surface area contributed by atoms with Crippen molar-refractivity contribution in [2.45, 2.75) is 128 Å². The van der Waals surface area contributed by atoms with Gasteiger partial charge in [0.1, 0.15) is 11.6 Å². The number of piperidine rings is 2. The fourth-order valence-corrected chi connectivity index (χ4v) is 6.88. The number of benzene rings is 1. The molecule has 1 saturated carbocycles. The van der Waals surface area contributed by atoms with Gasteiger partial charge in [0.2, 0.25) is 5.91 Å². The number of hydrogen-bond acceptors (Lipinski definition) is 5. The maximum Gasteiger partial charge on any atom is 0.410 e. The Balaban J connectivity index is 1.35. The summed E-state index contributed by atoms with van der Waals surface area (Å²) in [6.07, 6.45) is 12.5. The van der Waals surface area contributed by atoms with Gasteiger partial charge in [0.05, 0.1) is 11.0 Å². The predicted molar refractivity (Wildman–Crippen MR) is 169 cm³/mol. The Morgan fingerprint density at radius 3 is 2.32 bits per heavy atom. The zero-order chi connectivity index (χ0) is 29.2. The largest absolute Gasteiger partial charge is 0.444 e. The molecule has 0 bridgehead atoms. The number of carbonyl (C=O) groups excluding carboxylic acids is 2. The predicted octanol–water partition coefficient (Wildman–Crippen LogP) is 6.20. The van der Waals surface area contributed by atoms with E-state index in [1.165, 1.54) is 37.7 Å². The maximum atomic E-state index is 13.7. The number of likely N-dealkylation sites (tertiary alicyclic amines) is 2. The van der Waals surface area contributed by atoms with Crippen LogP contribution < -0.4 is 10.6 Å². The Bertz CT molecular complexity index is 984. The van der Waals surface area contributed by atoms with E-state index in [0.29, 0.717) is 24.9 Å². The minimum atomic E-state index is -0.597. The van der Waals surface area contributed by atoms with Crippen LogP contribution in [-0.4, -0.2) is 70.1 Å². The molecule has 8 heteroatoms. The Labute approximate surface area is 253 Å². The summed E-state index contributed by atoms with van der Waals surface area (Å²) in [5, 5.41) is 6.95. The normalized spacial score (nSPS) is 22.1. The van der Waals surface area contributed by atoms with Gasteiger partial charge in [0.25, 0.3) is 0 Å². The van der Waals surface area contributed by atoms with Gasteiger partial charge in [0, 0.05) is 32.2 Å². The minimum Gasteiger partial charge on any atom is -0.444 e. The van der Waals surface area contributed by atoms with Crippen molar-refractivity contribution in [3.05, 3.63) is 35.9 Å². The van der Waals surface area contributed by atoms with E-state index in [4.69, 9.17) is 17.0 Å². The van der Waals surface area contributed by atoms with Gasteiger partial charge in [-0.25, -0.2) is 4.79 Å². The van der Waals surface area contributed by atoms with E-state index >= 15 is 0 Å². The minimum absolute atomic E-state index is 0.106. The molecule has 2 aliphatic heterocycles. The fraction of sp³-hybridized carbons (Fsp3) is 0.727. The maximum absolute atomic E-state index is 13.7. The third-order valence-electron chi connectivity index (χ3n) is 8.84. The molecule has 0 radical (unpaired) electrons. The van der Waals surface area contributed by atoms with Crippen LogP contribution >= 0.6 is 12.2 Å². The van der Waals surface area contributed by atoms with Crippen molar-refractivity contribution >= 4 is 29.2 Å². The molecule has 3 fully saturated rings. The first-order valence-electron chi connectivity index (χ1n) is 16.0. The molecule has 3 aliphatic rings. The summed E-state index contributed by atoms with van der Waals surface area (Å²) >= 11 is 5.99. The molecule has 0 spiro atoms. The van der Waals surface area contributed by atoms with Crippen molar-refractivity contribution in [2.24, 2.45) is 5.92 Å². The van der Waals surface area contributed by atoms with E-state index in [2.05, 4.69) is 45.9 Å². The Kier molecular flexibility index (Phi) is 11.9. The molecule has 2 atom stereocenters. The highest BCUT2D eigenvalue weighted by Crippen LogP contribution is 2.28. The molecule has 1 aliphatic carbocycles. The van der Waals surface area contributed by atoms with Gasteiger partial charge in [-0.15, -0.1) is 0 Å². The average molecular weight is 585 g/mol. The fourth-order valence-electron chi connectivity index (χ4n) is 6.54. The lowest BCUT2D eigenvalue weighted by atomic mass is 9.85. The number of rotatable bonds is 9. The smallest absolute Gasteiger partial charge is 0.410 e. The highest BCUT2D eigenvalue weighted by Gasteiger charge is 2.36. The molecule has 1 aromatic carbocycles. The van der Waals surface area contributed by atoms with Gasteiger partial charge in [-0.05, 0) is 77.2 Å². The lowest BCUT2D eigenvalue weighted by molar-refractivity contribution is -0.128. The second-order valence-corrected chi connectivity index (χ2v) is 13.8. The highest BCUT2D eigenvalue weighted by molar-refractivity contribution is 7.80. The first-order valence-corrected chi connectivity index (χ1v) is 16.5. The van der Waals surface area contributed by atoms with Crippen LogP contribution in [0.2, 0.25) is 0 Å². The summed E-state index contributed by atoms with van der Waals surface area (Å²) in [6, 6.07) is 10.2. The van der Waals surface area contributed by atoms with Crippen LogP contribution in [0.5, 0.6) is 0 Å². The summed E-state index contributed by atoms with van der Waals surface area (Å²) in [6.45, 7) is 9.17. The van der Waals surface area contributed by atoms with E-state index in [1.54, 1.807) is 4.90 Å². The van der Waals surface area contributed by atoms with Crippen molar-refractivity contribution in [2.75, 3.05) is 19.6 Å². The molecular formula is C33H52N4O3S. The third-order valence-corrected chi connectivity index (χ3v) is 9.24. The van der Waals surface area contributed by atoms with Gasteiger partial charge < -0.3 is 15.4 Å². The van der Waals surface area contributed by atoms with Gasteiger partial charge in [-0.3, -0.25) is 14.6 Å². The topological polar surface area (TPSA) is 73.9 Å². The Morgan fingerprint density at radius 1 is 0.951 bits per heavy atom. The van der Waals surface area contributed by atoms with E-state index in [9.17, 15) is 9.59 Å². The number of nitrogens with one attached hydrogen (secondary N) is 2. The van der Waals surface area contributed by atoms with Crippen molar-refractivity contribution in [1.82, 2.24) is 20.4 Å². The molecular weight excluding hydrogens is 532 g/mol. The van der Waals surface area contributed by atoms with Crippen molar-refractivity contribution in [3.63, 3.8) is 0 Å². The van der Waals surface area contributed by atoms with Crippen LogP contribution in [0.25, 0.3) is 0 Å². The summed E-state index contributed by atoms with van der Waals surface area (Å²) in [5.41, 5.74) is 0.753. The van der Waals surface area contributed by atoms with Gasteiger partial charge in [-0.1, -0.05) is 74.7 Å². The number of carbonyl (C=O) groups is 2. The SMILES string of the molecule is CC(C)(C)OC(=O)N1CCCC[C@H]1C(=O)N[C@H](CCC1CCCCC1)C(=S)NC1CCN(Cc2ccccc2)CC1. The molecule has 41 heavy (non-hydrogen) atoms. The van der Waals surface area contributed by atoms with E-state index in [1.807, 2.05) is 20.8 Å². The lowest BCUT2D eigenvalue weighted by Crippen LogP contribution is -2.57. The van der Waals surface area contributed by atoms with Crippen LogP contribution in [0, 0.1) is 5.92 Å². The summed E-state index contributed by atoms with van der Waals surface area (Å²) < 4.78 is 5.65. The van der Waals surface area contributed by atoms with Gasteiger partial charge in [0.15, 0.2) is 0 Å². The number of amides is 2. The molecule has 2 N–H and O–H groups in total. The molecule has 0 unspecified atom stereocenters. The monoisotopic (exact) mass is 584 g/mol. The summed E-state index contributed by atoms with van der Waals surface area (Å²) in [7, 11) is 0. The van der Waals surface area contributed by atoms with Crippen LogP contribution in [0.4, 0.5) is 4.79 Å². The van der Waals surface area contributed by atoms with E-state index in [0.717, 1.165) is 63.1 Å². The van der Waals surface area contributed by atoms with Crippen LogP contribution in [0.1, 0.15) is 103 Å². The first kappa shape index (κ1) is 31.7. The first-order chi connectivity index (χ1) is 19.7. The summed E-state index contributed by atoms with van der Waals surface area (Å²) in [4.78, 5) is 31.5. The van der Waals surface area contributed by atoms with Crippen LogP contribution in [0.15, 0.2) is 30.3 Å². The van der Waals surface area contributed by atoms with Gasteiger partial charge in [-0.2, -0.15) is 0 Å². The molecule has 1 aromatic rings. The number of hydrogen-bond donors (Lipinski definition) is 2. The lowest BCUT2D eigenvalue weighted by Gasteiger charge is -2.37. The summed E-state index contributed by atoms with van der Waals surface area (Å²) in [5.74, 6) is 0.603. The van der Waals surface area contributed by atoms with E-state index < -0.39 is 17.7 Å². The molecule has 2 saturated heterocycles. The number of thiocarbonyl (C=S) groups is 1. The highest BCUT2D eigenvalue weighted by atomic mass is 32.1. The second kappa shape index (κ2) is 15.3. The third kappa shape index (κ3) is 10.2. The molecule has 7 nitrogen and oxygen atoms in total. The van der Waals surface area contributed by atoms with Crippen molar-refractivity contribution in [3.8, 4) is 0 Å². The van der Waals surface area contributed by atoms with Crippen molar-refractivity contribution in [1.29, 1.82) is 0 Å². The molecule has 2 amide bonds. The van der Waals surface area contributed by atoms with Crippen LogP contribution in [0.3, 0.4) is 0 Å². The molecule has 4 rings (SSSR count). The quantitative estimate of drug-likeness (QED) is 0.337. The number of ether oxygens (including phenoxy) is 1. The Hall–Kier alpha value is -2.19. The molecule has 2 heterocycles. The van der Waals surface area contributed by atoms with Crippen molar-refractivity contribution < 1.29 is 14.3 Å². The van der Waals surface area contributed by atoms with E-state index in [-0.39, 0.29) is 11.9 Å². The molecule has 228 valence electrons. The molecule has 0 aromatic heterocycles. The van der Waals surface area contributed by atoms with Gasteiger partial charge >= 0.3 is 6.09 Å². The zero-order valence-electron chi connectivity index (χ0n) is 25.5. The second-order valence-electron chi connectivity index (χ2n) is 13.4.